The summed E-state index contributed by atoms with van der Waals surface area (Å²) in [7, 11) is -3.25. The first-order valence-electron chi connectivity index (χ1n) is 7.32. The number of hydrogen-bond acceptors (Lipinski definition) is 4. The first-order chi connectivity index (χ1) is 9.55. The van der Waals surface area contributed by atoms with Gasteiger partial charge in [-0.3, -0.25) is 0 Å². The van der Waals surface area contributed by atoms with E-state index in [9.17, 15) is 8.42 Å². The van der Waals surface area contributed by atoms with Crippen molar-refractivity contribution >= 4 is 21.4 Å². The Labute approximate surface area is 126 Å². The molecule has 2 rings (SSSR count). The van der Waals surface area contributed by atoms with Crippen molar-refractivity contribution in [2.45, 2.75) is 43.4 Å². The zero-order chi connectivity index (χ0) is 14.6. The van der Waals surface area contributed by atoms with Crippen molar-refractivity contribution < 1.29 is 8.42 Å². The Balaban J connectivity index is 1.91. The molecule has 1 aromatic rings. The molecule has 1 N–H and O–H groups in total. The van der Waals surface area contributed by atoms with Crippen LogP contribution in [0.25, 0.3) is 0 Å². The number of thiophene rings is 1. The normalized spacial score (nSPS) is 20.1. The molecule has 0 aromatic carbocycles. The van der Waals surface area contributed by atoms with E-state index in [2.05, 4.69) is 19.2 Å². The van der Waals surface area contributed by atoms with Gasteiger partial charge in [0.15, 0.2) is 0 Å². The summed E-state index contributed by atoms with van der Waals surface area (Å²) in [5.41, 5.74) is 0. The van der Waals surface area contributed by atoms with Crippen molar-refractivity contribution in [2.24, 2.45) is 5.92 Å². The van der Waals surface area contributed by atoms with Gasteiger partial charge in [-0.05, 0) is 50.1 Å². The fourth-order valence-corrected chi connectivity index (χ4v) is 5.31. The summed E-state index contributed by atoms with van der Waals surface area (Å²) >= 11 is 1.30. The van der Waals surface area contributed by atoms with Gasteiger partial charge < -0.3 is 5.32 Å². The lowest BCUT2D eigenvalue weighted by atomic mass is 9.91. The van der Waals surface area contributed by atoms with E-state index in [0.29, 0.717) is 29.3 Å². The largest absolute Gasteiger partial charge is 0.314 e. The third-order valence-corrected chi connectivity index (χ3v) is 7.28. The Morgan fingerprint density at radius 1 is 1.45 bits per heavy atom. The molecule has 1 aliphatic rings. The van der Waals surface area contributed by atoms with Crippen LogP contribution in [0.1, 0.15) is 33.1 Å². The summed E-state index contributed by atoms with van der Waals surface area (Å²) in [6.07, 6.45) is 3.03. The van der Waals surface area contributed by atoms with Crippen LogP contribution in [0.15, 0.2) is 21.7 Å². The quantitative estimate of drug-likeness (QED) is 0.877. The number of rotatable bonds is 6. The number of nitrogens with zero attached hydrogens (tertiary/aromatic N) is 1. The second kappa shape index (κ2) is 7.02. The van der Waals surface area contributed by atoms with Crippen LogP contribution in [-0.4, -0.2) is 38.4 Å². The highest BCUT2D eigenvalue weighted by Crippen LogP contribution is 2.27. The van der Waals surface area contributed by atoms with Crippen molar-refractivity contribution in [2.75, 3.05) is 19.6 Å². The first kappa shape index (κ1) is 15.9. The van der Waals surface area contributed by atoms with Crippen molar-refractivity contribution in [3.05, 3.63) is 17.5 Å². The van der Waals surface area contributed by atoms with Crippen LogP contribution >= 0.6 is 11.3 Å². The summed E-state index contributed by atoms with van der Waals surface area (Å²) in [6.45, 7) is 6.70. The molecule has 0 amide bonds. The van der Waals surface area contributed by atoms with Gasteiger partial charge in [-0.15, -0.1) is 11.3 Å². The molecular weight excluding hydrogens is 292 g/mol. The summed E-state index contributed by atoms with van der Waals surface area (Å²) < 4.78 is 26.9. The van der Waals surface area contributed by atoms with Gasteiger partial charge in [-0.25, -0.2) is 8.42 Å². The van der Waals surface area contributed by atoms with Gasteiger partial charge in [0.05, 0.1) is 0 Å². The van der Waals surface area contributed by atoms with Crippen LogP contribution < -0.4 is 5.32 Å². The van der Waals surface area contributed by atoms with Crippen LogP contribution in [0.5, 0.6) is 0 Å². The lowest BCUT2D eigenvalue weighted by Crippen LogP contribution is -2.44. The minimum atomic E-state index is -3.25. The molecule has 0 saturated carbocycles. The van der Waals surface area contributed by atoms with E-state index in [1.807, 2.05) is 5.38 Å². The molecule has 1 aromatic heterocycles. The maximum Gasteiger partial charge on any atom is 0.252 e. The maximum absolute atomic E-state index is 12.4. The van der Waals surface area contributed by atoms with Gasteiger partial charge in [0.25, 0.3) is 10.0 Å². The predicted molar refractivity (Wildman–Crippen MR) is 83.6 cm³/mol. The fourth-order valence-electron chi connectivity index (χ4n) is 2.69. The van der Waals surface area contributed by atoms with Crippen LogP contribution in [0, 0.1) is 5.92 Å². The highest BCUT2D eigenvalue weighted by Gasteiger charge is 2.31. The Hall–Kier alpha value is -0.430. The second-order valence-corrected chi connectivity index (χ2v) is 8.53. The molecule has 6 heteroatoms. The molecular formula is C14H24N2O2S2. The number of piperidine rings is 1. The Bertz CT molecular complexity index is 491. The van der Waals surface area contributed by atoms with E-state index in [4.69, 9.17) is 0 Å². The molecule has 2 heterocycles. The van der Waals surface area contributed by atoms with Crippen molar-refractivity contribution in [3.63, 3.8) is 0 Å². The zero-order valence-corrected chi connectivity index (χ0v) is 13.8. The topological polar surface area (TPSA) is 49.4 Å². The van der Waals surface area contributed by atoms with E-state index in [-0.39, 0.29) is 0 Å². The van der Waals surface area contributed by atoms with E-state index in [1.54, 1.807) is 16.4 Å². The fraction of sp³-hybridized carbons (Fsp3) is 0.714. The molecule has 1 unspecified atom stereocenters. The van der Waals surface area contributed by atoms with Crippen molar-refractivity contribution in [1.29, 1.82) is 0 Å². The standard InChI is InChI=1S/C14H24N2O2S2/c1-3-8-15-12(2)13-6-9-16(10-7-13)20(17,18)14-5-4-11-19-14/h4-5,11-13,15H,3,6-10H2,1-2H3. The number of hydrogen-bond donors (Lipinski definition) is 1. The Morgan fingerprint density at radius 3 is 2.70 bits per heavy atom. The molecule has 1 aliphatic heterocycles. The minimum absolute atomic E-state index is 0.466. The molecule has 114 valence electrons. The smallest absolute Gasteiger partial charge is 0.252 e. The van der Waals surface area contributed by atoms with E-state index < -0.39 is 10.0 Å². The Morgan fingerprint density at radius 2 is 2.15 bits per heavy atom. The third kappa shape index (κ3) is 3.61. The van der Waals surface area contributed by atoms with Crippen LogP contribution in [0.4, 0.5) is 0 Å². The van der Waals surface area contributed by atoms with Gasteiger partial charge in [0, 0.05) is 19.1 Å². The summed E-state index contributed by atoms with van der Waals surface area (Å²) in [5, 5.41) is 5.33. The number of sulfonamides is 1. The van der Waals surface area contributed by atoms with Crippen molar-refractivity contribution in [3.8, 4) is 0 Å². The highest BCUT2D eigenvalue weighted by molar-refractivity contribution is 7.91. The summed E-state index contributed by atoms with van der Waals surface area (Å²) in [5.74, 6) is 0.580. The average Bonchev–Trinajstić information content (AvgIpc) is 3.00. The van der Waals surface area contributed by atoms with Gasteiger partial charge >= 0.3 is 0 Å². The molecule has 0 radical (unpaired) electrons. The van der Waals surface area contributed by atoms with Crippen molar-refractivity contribution in [1.82, 2.24) is 9.62 Å². The first-order valence-corrected chi connectivity index (χ1v) is 9.64. The van der Waals surface area contributed by atoms with E-state index in [1.165, 1.54) is 11.3 Å². The maximum atomic E-state index is 12.4. The van der Waals surface area contributed by atoms with Gasteiger partial charge in [-0.1, -0.05) is 13.0 Å². The van der Waals surface area contributed by atoms with E-state index in [0.717, 1.165) is 25.8 Å². The monoisotopic (exact) mass is 316 g/mol. The minimum Gasteiger partial charge on any atom is -0.314 e. The molecule has 4 nitrogen and oxygen atoms in total. The average molecular weight is 316 g/mol. The lowest BCUT2D eigenvalue weighted by Gasteiger charge is -2.34. The SMILES string of the molecule is CCCNC(C)C1CCN(S(=O)(=O)c2cccs2)CC1. The van der Waals surface area contributed by atoms with Crippen LogP contribution in [0.3, 0.4) is 0 Å². The van der Waals surface area contributed by atoms with Gasteiger partial charge in [0.2, 0.25) is 0 Å². The summed E-state index contributed by atoms with van der Waals surface area (Å²) in [6, 6.07) is 3.96. The highest BCUT2D eigenvalue weighted by atomic mass is 32.2. The van der Waals surface area contributed by atoms with Gasteiger partial charge in [-0.2, -0.15) is 4.31 Å². The molecule has 1 atom stereocenters. The number of nitrogens with one attached hydrogen (secondary N) is 1. The van der Waals surface area contributed by atoms with Gasteiger partial charge in [0.1, 0.15) is 4.21 Å². The Kier molecular flexibility index (Phi) is 5.60. The zero-order valence-electron chi connectivity index (χ0n) is 12.2. The molecule has 0 spiro atoms. The lowest BCUT2D eigenvalue weighted by molar-refractivity contribution is 0.231. The van der Waals surface area contributed by atoms with Crippen LogP contribution in [0.2, 0.25) is 0 Å². The second-order valence-electron chi connectivity index (χ2n) is 5.42. The molecule has 0 aliphatic carbocycles. The van der Waals surface area contributed by atoms with E-state index >= 15 is 0 Å². The summed E-state index contributed by atoms with van der Waals surface area (Å²) in [4.78, 5) is 0. The molecule has 1 saturated heterocycles. The molecule has 0 bridgehead atoms. The third-order valence-electron chi connectivity index (χ3n) is 4.01. The predicted octanol–water partition coefficient (Wildman–Crippen LogP) is 2.54. The molecule has 1 fully saturated rings. The molecule has 20 heavy (non-hydrogen) atoms. The van der Waals surface area contributed by atoms with Crippen LogP contribution in [-0.2, 0) is 10.0 Å².